The molecule has 0 aliphatic heterocycles. The maximum Gasteiger partial charge on any atom is 0.0159 e. The molecule has 0 heterocycles. The van der Waals surface area contributed by atoms with Gasteiger partial charge in [-0.1, -0.05) is 129 Å². The maximum atomic E-state index is 2.45. The van der Waals surface area contributed by atoms with Crippen LogP contribution in [0, 0.1) is 0 Å². The Morgan fingerprint density at radius 3 is 1.82 bits per heavy atom. The molecule has 210 valence electrons. The third-order valence-corrected chi connectivity index (χ3v) is 10.5. The van der Waals surface area contributed by atoms with Crippen LogP contribution in [-0.2, 0) is 5.41 Å². The molecule has 0 saturated heterocycles. The van der Waals surface area contributed by atoms with E-state index in [1.54, 1.807) is 0 Å². The van der Waals surface area contributed by atoms with Crippen molar-refractivity contribution in [3.05, 3.63) is 157 Å². The molecule has 2 aliphatic carbocycles. The first-order valence-electron chi connectivity index (χ1n) is 15.9. The molecular weight excluding hydrogens is 540 g/mol. The van der Waals surface area contributed by atoms with E-state index < -0.39 is 0 Å². The minimum absolute atomic E-state index is 0.0662. The number of benzene rings is 8. The van der Waals surface area contributed by atoms with Gasteiger partial charge in [-0.25, -0.2) is 0 Å². The molecule has 8 aromatic rings. The summed E-state index contributed by atoms with van der Waals surface area (Å²) in [6.45, 7) is 4.76. The zero-order valence-electron chi connectivity index (χ0n) is 25.4. The molecule has 0 atom stereocenters. The van der Waals surface area contributed by atoms with E-state index in [0.29, 0.717) is 0 Å². The molecule has 0 spiro atoms. The van der Waals surface area contributed by atoms with E-state index in [1.165, 1.54) is 99.1 Å². The molecular formula is C45H30. The van der Waals surface area contributed by atoms with Crippen molar-refractivity contribution in [2.75, 3.05) is 0 Å². The Kier molecular flexibility index (Phi) is 4.88. The molecule has 0 saturated carbocycles. The van der Waals surface area contributed by atoms with Gasteiger partial charge in [0, 0.05) is 5.41 Å². The molecule has 0 aromatic heterocycles. The summed E-state index contributed by atoms with van der Waals surface area (Å²) in [5.74, 6) is 0. The summed E-state index contributed by atoms with van der Waals surface area (Å²) in [7, 11) is 0. The van der Waals surface area contributed by atoms with Crippen molar-refractivity contribution in [3.63, 3.8) is 0 Å². The highest BCUT2D eigenvalue weighted by atomic mass is 14.4. The molecule has 0 bridgehead atoms. The van der Waals surface area contributed by atoms with E-state index in [2.05, 4.69) is 159 Å². The van der Waals surface area contributed by atoms with E-state index in [-0.39, 0.29) is 5.41 Å². The SMILES string of the molecule is CC1(C)c2cc(-c3cccc(-c4c5c(cc6ccccc46)-c4cccc6cccc-5c46)c3)ccc2-c2cc3ccccc3cc21. The minimum Gasteiger partial charge on any atom is -0.0616 e. The van der Waals surface area contributed by atoms with Crippen molar-refractivity contribution in [1.82, 2.24) is 0 Å². The highest BCUT2D eigenvalue weighted by molar-refractivity contribution is 6.22. The third-order valence-electron chi connectivity index (χ3n) is 10.5. The fourth-order valence-electron chi connectivity index (χ4n) is 8.37. The molecule has 45 heavy (non-hydrogen) atoms. The van der Waals surface area contributed by atoms with E-state index in [4.69, 9.17) is 0 Å². The minimum atomic E-state index is -0.0662. The van der Waals surface area contributed by atoms with Crippen LogP contribution in [-0.4, -0.2) is 0 Å². The standard InChI is InChI=1S/C45H30/c1-45(2)40-26-31(20-21-35(40)38-23-29-10-3-4-11-30(29)25-41(38)45)28-15-7-16-33(22-28)43-34-17-6-5-12-32(34)24-39-36-18-8-13-27-14-9-19-37(42(27)36)44(39)43/h3-26H,1-2H3. The summed E-state index contributed by atoms with van der Waals surface area (Å²) in [5, 5.41) is 7.87. The molecule has 0 heteroatoms. The molecule has 0 nitrogen and oxygen atoms in total. The molecule has 0 N–H and O–H groups in total. The lowest BCUT2D eigenvalue weighted by molar-refractivity contribution is 0.661. The zero-order valence-corrected chi connectivity index (χ0v) is 25.4. The third kappa shape index (κ3) is 3.37. The molecule has 0 amide bonds. The van der Waals surface area contributed by atoms with Crippen molar-refractivity contribution in [2.45, 2.75) is 19.3 Å². The highest BCUT2D eigenvalue weighted by Crippen LogP contribution is 2.54. The van der Waals surface area contributed by atoms with Gasteiger partial charge < -0.3 is 0 Å². The van der Waals surface area contributed by atoms with Crippen LogP contribution >= 0.6 is 0 Å². The van der Waals surface area contributed by atoms with Crippen LogP contribution in [0.15, 0.2) is 146 Å². The lowest BCUT2D eigenvalue weighted by Crippen LogP contribution is -2.15. The number of rotatable bonds is 2. The first-order valence-corrected chi connectivity index (χ1v) is 15.9. The van der Waals surface area contributed by atoms with Gasteiger partial charge in [-0.15, -0.1) is 0 Å². The van der Waals surface area contributed by atoms with Crippen molar-refractivity contribution in [2.24, 2.45) is 0 Å². The van der Waals surface area contributed by atoms with E-state index >= 15 is 0 Å². The number of fused-ring (bicyclic) bond motifs is 8. The Morgan fingerprint density at radius 2 is 0.978 bits per heavy atom. The van der Waals surface area contributed by atoms with Gasteiger partial charge in [-0.3, -0.25) is 0 Å². The average molecular weight is 571 g/mol. The summed E-state index contributed by atoms with van der Waals surface area (Å²) in [4.78, 5) is 0. The molecule has 0 radical (unpaired) electrons. The monoisotopic (exact) mass is 570 g/mol. The van der Waals surface area contributed by atoms with E-state index in [1.807, 2.05) is 0 Å². The van der Waals surface area contributed by atoms with Crippen LogP contribution < -0.4 is 0 Å². The largest absolute Gasteiger partial charge is 0.0616 e. The van der Waals surface area contributed by atoms with E-state index in [9.17, 15) is 0 Å². The van der Waals surface area contributed by atoms with Crippen LogP contribution in [0.25, 0.3) is 88.0 Å². The van der Waals surface area contributed by atoms with Crippen molar-refractivity contribution >= 4 is 32.3 Å². The van der Waals surface area contributed by atoms with Gasteiger partial charge >= 0.3 is 0 Å². The quantitative estimate of drug-likeness (QED) is 0.194. The Morgan fingerprint density at radius 1 is 0.356 bits per heavy atom. The van der Waals surface area contributed by atoms with Gasteiger partial charge in [0.2, 0.25) is 0 Å². The summed E-state index contributed by atoms with van der Waals surface area (Å²) in [5.41, 5.74) is 16.0. The predicted octanol–water partition coefficient (Wildman–Crippen LogP) is 12.4. The summed E-state index contributed by atoms with van der Waals surface area (Å²) >= 11 is 0. The lowest BCUT2D eigenvalue weighted by Gasteiger charge is -2.22. The van der Waals surface area contributed by atoms with Crippen LogP contribution in [0.2, 0.25) is 0 Å². The summed E-state index contributed by atoms with van der Waals surface area (Å²) in [6, 6.07) is 54.6. The van der Waals surface area contributed by atoms with Gasteiger partial charge in [0.05, 0.1) is 0 Å². The number of hydrogen-bond donors (Lipinski definition) is 0. The van der Waals surface area contributed by atoms with E-state index in [0.717, 1.165) is 0 Å². The Hall–Kier alpha value is -5.46. The zero-order chi connectivity index (χ0) is 29.9. The molecule has 10 rings (SSSR count). The second kappa shape index (κ2) is 8.80. The van der Waals surface area contributed by atoms with Crippen molar-refractivity contribution < 1.29 is 0 Å². The highest BCUT2D eigenvalue weighted by Gasteiger charge is 2.36. The molecule has 8 aromatic carbocycles. The fraction of sp³-hybridized carbons (Fsp3) is 0.0667. The van der Waals surface area contributed by atoms with Crippen LogP contribution in [0.1, 0.15) is 25.0 Å². The van der Waals surface area contributed by atoms with Crippen molar-refractivity contribution in [1.29, 1.82) is 0 Å². The van der Waals surface area contributed by atoms with Gasteiger partial charge in [-0.2, -0.15) is 0 Å². The topological polar surface area (TPSA) is 0 Å². The maximum absolute atomic E-state index is 2.45. The van der Waals surface area contributed by atoms with Gasteiger partial charge in [0.25, 0.3) is 0 Å². The average Bonchev–Trinajstić information content (AvgIpc) is 3.51. The van der Waals surface area contributed by atoms with Crippen LogP contribution in [0.3, 0.4) is 0 Å². The molecule has 0 fully saturated rings. The molecule has 0 unspecified atom stereocenters. The Bertz CT molecular complexity index is 2560. The predicted molar refractivity (Wildman–Crippen MR) is 192 cm³/mol. The van der Waals surface area contributed by atoms with Crippen LogP contribution in [0.5, 0.6) is 0 Å². The lowest BCUT2D eigenvalue weighted by atomic mass is 9.81. The summed E-state index contributed by atoms with van der Waals surface area (Å²) < 4.78 is 0. The number of hydrogen-bond acceptors (Lipinski definition) is 0. The first-order chi connectivity index (χ1) is 22.1. The normalized spacial score (nSPS) is 13.7. The first kappa shape index (κ1) is 24.9. The summed E-state index contributed by atoms with van der Waals surface area (Å²) in [6.07, 6.45) is 0. The van der Waals surface area contributed by atoms with Crippen LogP contribution in [0.4, 0.5) is 0 Å². The second-order valence-corrected chi connectivity index (χ2v) is 13.3. The second-order valence-electron chi connectivity index (χ2n) is 13.3. The smallest absolute Gasteiger partial charge is 0.0159 e. The fourth-order valence-corrected chi connectivity index (χ4v) is 8.37. The van der Waals surface area contributed by atoms with Crippen molar-refractivity contribution in [3.8, 4) is 55.6 Å². The van der Waals surface area contributed by atoms with Gasteiger partial charge in [0.15, 0.2) is 0 Å². The molecule has 2 aliphatic rings. The van der Waals surface area contributed by atoms with Gasteiger partial charge in [-0.05, 0) is 129 Å². The van der Waals surface area contributed by atoms with Gasteiger partial charge in [0.1, 0.15) is 0 Å². The Labute approximate surface area is 263 Å². The Balaban J connectivity index is 1.17.